The number of benzene rings is 1. The summed E-state index contributed by atoms with van der Waals surface area (Å²) < 4.78 is 17.7. The molecule has 0 saturated heterocycles. The number of hydrogen-bond donors (Lipinski definition) is 2. The van der Waals surface area contributed by atoms with Crippen molar-refractivity contribution in [3.05, 3.63) is 24.3 Å². The van der Waals surface area contributed by atoms with Gasteiger partial charge in [-0.3, -0.25) is 4.79 Å². The fourth-order valence-electron chi connectivity index (χ4n) is 2.53. The summed E-state index contributed by atoms with van der Waals surface area (Å²) in [6, 6.07) is 7.81. The van der Waals surface area contributed by atoms with Gasteiger partial charge < -0.3 is 24.6 Å². The van der Waals surface area contributed by atoms with E-state index in [1.807, 2.05) is 58.9 Å². The number of hydrogen-bond acceptors (Lipinski definition) is 5. The molecule has 0 aromatic heterocycles. The van der Waals surface area contributed by atoms with Crippen LogP contribution in [-0.4, -0.2) is 55.6 Å². The van der Waals surface area contributed by atoms with E-state index < -0.39 is 11.2 Å². The first kappa shape index (κ1) is 26.5. The Bertz CT molecular complexity index is 620. The van der Waals surface area contributed by atoms with Crippen LogP contribution in [0, 0.1) is 5.92 Å². The van der Waals surface area contributed by atoms with Crippen LogP contribution in [0.25, 0.3) is 0 Å². The Morgan fingerprint density at radius 3 is 2.23 bits per heavy atom. The average molecular weight is 421 g/mol. The molecule has 0 bridgehead atoms. The van der Waals surface area contributed by atoms with Crippen molar-refractivity contribution in [3.8, 4) is 5.75 Å². The second-order valence-corrected chi connectivity index (χ2v) is 9.79. The van der Waals surface area contributed by atoms with Gasteiger partial charge in [-0.15, -0.1) is 0 Å². The largest absolute Gasteiger partial charge is 0.493 e. The zero-order chi connectivity index (χ0) is 22.8. The van der Waals surface area contributed by atoms with E-state index in [-0.39, 0.29) is 11.5 Å². The molecule has 1 amide bonds. The van der Waals surface area contributed by atoms with E-state index in [4.69, 9.17) is 14.1 Å². The van der Waals surface area contributed by atoms with Gasteiger partial charge in [-0.25, -0.2) is 0 Å². The van der Waals surface area contributed by atoms with Gasteiger partial charge in [0.25, 0.3) is 0 Å². The standard InChI is InChI=1S/C23H40BNO5/c1-21(2,3)29-15-13-18(12-14-25-17-26)16-28-20-10-8-19(9-11-20)24-30-23(6,7)22(4,5)27/h8-11,17-18,24,27H,12-16H2,1-7H3,(H,25,26). The molecule has 0 aliphatic rings. The molecular weight excluding hydrogens is 381 g/mol. The van der Waals surface area contributed by atoms with Crippen molar-refractivity contribution in [1.29, 1.82) is 0 Å². The molecule has 1 aromatic carbocycles. The first-order chi connectivity index (χ1) is 13.8. The summed E-state index contributed by atoms with van der Waals surface area (Å²) in [5.74, 6) is 1.08. The summed E-state index contributed by atoms with van der Waals surface area (Å²) in [7, 11) is 0.418. The molecule has 1 rings (SSSR count). The van der Waals surface area contributed by atoms with Crippen LogP contribution in [0.5, 0.6) is 5.75 Å². The zero-order valence-electron chi connectivity index (χ0n) is 19.8. The van der Waals surface area contributed by atoms with E-state index in [9.17, 15) is 9.90 Å². The maximum atomic E-state index is 10.5. The molecule has 7 heteroatoms. The second kappa shape index (κ2) is 11.7. The third-order valence-corrected chi connectivity index (χ3v) is 5.32. The lowest BCUT2D eigenvalue weighted by molar-refractivity contribution is -0.109. The maximum absolute atomic E-state index is 10.5. The molecular formula is C23H40BNO5. The summed E-state index contributed by atoms with van der Waals surface area (Å²) in [6.07, 6.45) is 2.43. The van der Waals surface area contributed by atoms with Crippen molar-refractivity contribution in [2.75, 3.05) is 19.8 Å². The Balaban J connectivity index is 2.55. The lowest BCUT2D eigenvalue weighted by Crippen LogP contribution is -2.49. The second-order valence-electron chi connectivity index (χ2n) is 9.79. The average Bonchev–Trinajstić information content (AvgIpc) is 2.63. The Morgan fingerprint density at radius 2 is 1.70 bits per heavy atom. The molecule has 0 fully saturated rings. The van der Waals surface area contributed by atoms with Crippen molar-refractivity contribution in [2.45, 2.75) is 78.1 Å². The van der Waals surface area contributed by atoms with Crippen LogP contribution in [0.4, 0.5) is 0 Å². The van der Waals surface area contributed by atoms with Crippen molar-refractivity contribution in [1.82, 2.24) is 5.32 Å². The fraction of sp³-hybridized carbons (Fsp3) is 0.696. The number of carbonyl (C=O) groups is 1. The number of aliphatic hydroxyl groups is 1. The van der Waals surface area contributed by atoms with Gasteiger partial charge in [0.2, 0.25) is 6.41 Å². The minimum Gasteiger partial charge on any atom is -0.493 e. The molecule has 1 unspecified atom stereocenters. The van der Waals surface area contributed by atoms with Crippen LogP contribution < -0.4 is 15.5 Å². The highest BCUT2D eigenvalue weighted by Gasteiger charge is 2.35. The summed E-state index contributed by atoms with van der Waals surface area (Å²) >= 11 is 0. The highest BCUT2D eigenvalue weighted by molar-refractivity contribution is 6.47. The normalized spacial score (nSPS) is 13.6. The molecule has 2 N–H and O–H groups in total. The van der Waals surface area contributed by atoms with Gasteiger partial charge in [-0.05, 0) is 79.4 Å². The quantitative estimate of drug-likeness (QED) is 0.274. The minimum atomic E-state index is -0.930. The molecule has 0 aliphatic heterocycles. The fourth-order valence-corrected chi connectivity index (χ4v) is 2.53. The van der Waals surface area contributed by atoms with Gasteiger partial charge in [0.1, 0.15) is 5.75 Å². The SMILES string of the molecule is CC(C)(C)OCCC(CCNC=O)COc1ccc(BOC(C)(C)C(C)(C)O)cc1. The van der Waals surface area contributed by atoms with E-state index >= 15 is 0 Å². The molecule has 0 radical (unpaired) electrons. The Morgan fingerprint density at radius 1 is 1.07 bits per heavy atom. The van der Waals surface area contributed by atoms with Gasteiger partial charge >= 0.3 is 7.48 Å². The van der Waals surface area contributed by atoms with Crippen molar-refractivity contribution >= 4 is 19.4 Å². The first-order valence-electron chi connectivity index (χ1n) is 10.7. The number of rotatable bonds is 14. The first-order valence-corrected chi connectivity index (χ1v) is 10.7. The molecule has 6 nitrogen and oxygen atoms in total. The number of ether oxygens (including phenoxy) is 2. The van der Waals surface area contributed by atoms with Gasteiger partial charge in [-0.2, -0.15) is 0 Å². The van der Waals surface area contributed by atoms with Crippen LogP contribution in [0.15, 0.2) is 24.3 Å². The lowest BCUT2D eigenvalue weighted by Gasteiger charge is -2.37. The summed E-state index contributed by atoms with van der Waals surface area (Å²) in [4.78, 5) is 10.5. The Labute approximate surface area is 183 Å². The molecule has 0 spiro atoms. The number of amides is 1. The van der Waals surface area contributed by atoms with Crippen LogP contribution in [-0.2, 0) is 14.2 Å². The predicted octanol–water partition coefficient (Wildman–Crippen LogP) is 2.57. The molecule has 170 valence electrons. The van der Waals surface area contributed by atoms with Crippen molar-refractivity contribution in [3.63, 3.8) is 0 Å². The van der Waals surface area contributed by atoms with Crippen molar-refractivity contribution in [2.24, 2.45) is 5.92 Å². The minimum absolute atomic E-state index is 0.163. The van der Waals surface area contributed by atoms with Crippen molar-refractivity contribution < 1.29 is 24.0 Å². The van der Waals surface area contributed by atoms with E-state index in [2.05, 4.69) is 5.32 Å². The Kier molecular flexibility index (Phi) is 10.3. The van der Waals surface area contributed by atoms with E-state index in [1.165, 1.54) is 0 Å². The molecule has 30 heavy (non-hydrogen) atoms. The summed E-state index contributed by atoms with van der Waals surface area (Å²) in [5, 5.41) is 12.9. The molecule has 1 aromatic rings. The van der Waals surface area contributed by atoms with Crippen LogP contribution in [0.3, 0.4) is 0 Å². The van der Waals surface area contributed by atoms with Crippen LogP contribution in [0.2, 0.25) is 0 Å². The highest BCUT2D eigenvalue weighted by Crippen LogP contribution is 2.24. The Hall–Kier alpha value is -1.57. The predicted molar refractivity (Wildman–Crippen MR) is 123 cm³/mol. The summed E-state index contributed by atoms with van der Waals surface area (Å²) in [5.41, 5.74) is -0.727. The van der Waals surface area contributed by atoms with Gasteiger partial charge in [0.15, 0.2) is 0 Å². The molecule has 1 atom stereocenters. The molecule has 0 heterocycles. The smallest absolute Gasteiger partial charge is 0.309 e. The third-order valence-electron chi connectivity index (χ3n) is 5.32. The van der Waals surface area contributed by atoms with E-state index in [0.29, 0.717) is 27.2 Å². The molecule has 0 saturated carbocycles. The van der Waals surface area contributed by atoms with Gasteiger partial charge in [-0.1, -0.05) is 17.6 Å². The maximum Gasteiger partial charge on any atom is 0.309 e. The van der Waals surface area contributed by atoms with Gasteiger partial charge in [0, 0.05) is 13.2 Å². The zero-order valence-corrected chi connectivity index (χ0v) is 19.8. The van der Waals surface area contributed by atoms with E-state index in [1.54, 1.807) is 13.8 Å². The van der Waals surface area contributed by atoms with Gasteiger partial charge in [0.05, 0.1) is 23.4 Å². The highest BCUT2D eigenvalue weighted by atomic mass is 16.5. The van der Waals surface area contributed by atoms with Crippen LogP contribution in [0.1, 0.15) is 61.3 Å². The number of carbonyl (C=O) groups excluding carboxylic acids is 1. The van der Waals surface area contributed by atoms with E-state index in [0.717, 1.165) is 30.5 Å². The lowest BCUT2D eigenvalue weighted by atomic mass is 9.82. The third kappa shape index (κ3) is 10.5. The van der Waals surface area contributed by atoms with Crippen LogP contribution >= 0.6 is 0 Å². The molecule has 0 aliphatic carbocycles. The monoisotopic (exact) mass is 421 g/mol. The topological polar surface area (TPSA) is 77.0 Å². The summed E-state index contributed by atoms with van der Waals surface area (Å²) in [6.45, 7) is 15.2. The number of nitrogens with one attached hydrogen (secondary N) is 1.